The first-order valence-corrected chi connectivity index (χ1v) is 8.72. The van der Waals surface area contributed by atoms with Crippen molar-refractivity contribution < 1.29 is 9.59 Å². The highest BCUT2D eigenvalue weighted by atomic mass is 127. The number of carbonyl (C=O) groups is 2. The molecule has 0 spiro atoms. The molecule has 25 heavy (non-hydrogen) atoms. The lowest BCUT2D eigenvalue weighted by atomic mass is 9.93. The standard InChI is InChI=1S/C17H33N5O2.HI/c1-17(2,3)15(24)20-8-9-21-16(19-5)22-10-6-13(7-11-22)12-14(23)18-4;/h13H,6-12H2,1-5H3,(H,18,23)(H,19,21)(H,20,24);1H. The third-order valence-electron chi connectivity index (χ3n) is 4.25. The number of aliphatic imine (C=N–C) groups is 1. The molecular weight excluding hydrogens is 433 g/mol. The second kappa shape index (κ2) is 11.5. The van der Waals surface area contributed by atoms with Crippen LogP contribution in [0, 0.1) is 11.3 Å². The molecule has 2 amide bonds. The Morgan fingerprint density at radius 2 is 1.68 bits per heavy atom. The molecule has 0 aromatic rings. The van der Waals surface area contributed by atoms with Gasteiger partial charge in [0.1, 0.15) is 0 Å². The Balaban J connectivity index is 0.00000576. The molecule has 0 radical (unpaired) electrons. The van der Waals surface area contributed by atoms with Crippen molar-refractivity contribution in [2.45, 2.75) is 40.0 Å². The molecule has 0 aromatic heterocycles. The number of nitrogens with zero attached hydrogens (tertiary/aromatic N) is 2. The summed E-state index contributed by atoms with van der Waals surface area (Å²) in [4.78, 5) is 29.8. The van der Waals surface area contributed by atoms with Gasteiger partial charge in [-0.05, 0) is 18.8 Å². The summed E-state index contributed by atoms with van der Waals surface area (Å²) in [7, 11) is 3.45. The van der Waals surface area contributed by atoms with Crippen LogP contribution in [0.2, 0.25) is 0 Å². The molecule has 7 nitrogen and oxygen atoms in total. The van der Waals surface area contributed by atoms with E-state index in [9.17, 15) is 9.59 Å². The van der Waals surface area contributed by atoms with Gasteiger partial charge in [-0.25, -0.2) is 0 Å². The Hall–Kier alpha value is -1.06. The number of guanidine groups is 1. The number of amides is 2. The van der Waals surface area contributed by atoms with Gasteiger partial charge < -0.3 is 20.9 Å². The Bertz CT molecular complexity index is 454. The molecule has 1 aliphatic rings. The first kappa shape index (κ1) is 23.9. The smallest absolute Gasteiger partial charge is 0.225 e. The molecule has 1 saturated heterocycles. The maximum absolute atomic E-state index is 11.8. The van der Waals surface area contributed by atoms with Gasteiger partial charge in [-0.2, -0.15) is 0 Å². The molecule has 1 heterocycles. The predicted molar refractivity (Wildman–Crippen MR) is 112 cm³/mol. The monoisotopic (exact) mass is 467 g/mol. The fourth-order valence-corrected chi connectivity index (χ4v) is 2.66. The molecule has 1 fully saturated rings. The van der Waals surface area contributed by atoms with Crippen LogP contribution in [-0.2, 0) is 9.59 Å². The molecule has 0 aromatic carbocycles. The zero-order valence-corrected chi connectivity index (χ0v) is 18.5. The number of likely N-dealkylation sites (tertiary alicyclic amines) is 1. The second-order valence-electron chi connectivity index (χ2n) is 7.29. The first-order chi connectivity index (χ1) is 11.3. The minimum Gasteiger partial charge on any atom is -0.359 e. The van der Waals surface area contributed by atoms with E-state index in [1.807, 2.05) is 20.8 Å². The van der Waals surface area contributed by atoms with Gasteiger partial charge in [-0.3, -0.25) is 14.6 Å². The first-order valence-electron chi connectivity index (χ1n) is 8.72. The lowest BCUT2D eigenvalue weighted by Crippen LogP contribution is -2.48. The van der Waals surface area contributed by atoms with Crippen molar-refractivity contribution in [3.05, 3.63) is 0 Å². The van der Waals surface area contributed by atoms with E-state index in [4.69, 9.17) is 0 Å². The van der Waals surface area contributed by atoms with Crippen molar-refractivity contribution >= 4 is 41.8 Å². The van der Waals surface area contributed by atoms with Crippen molar-refractivity contribution in [1.29, 1.82) is 0 Å². The minimum absolute atomic E-state index is 0. The molecule has 146 valence electrons. The Morgan fingerprint density at radius 3 is 2.16 bits per heavy atom. The lowest BCUT2D eigenvalue weighted by Gasteiger charge is -2.34. The highest BCUT2D eigenvalue weighted by molar-refractivity contribution is 14.0. The van der Waals surface area contributed by atoms with Crippen LogP contribution in [0.25, 0.3) is 0 Å². The average molecular weight is 467 g/mol. The third kappa shape index (κ3) is 8.73. The van der Waals surface area contributed by atoms with E-state index < -0.39 is 0 Å². The predicted octanol–water partition coefficient (Wildman–Crippen LogP) is 1.19. The Morgan fingerprint density at radius 1 is 1.12 bits per heavy atom. The van der Waals surface area contributed by atoms with Crippen molar-refractivity contribution in [3.63, 3.8) is 0 Å². The summed E-state index contributed by atoms with van der Waals surface area (Å²) in [5.74, 6) is 1.48. The van der Waals surface area contributed by atoms with E-state index in [0.717, 1.165) is 31.9 Å². The molecule has 0 bridgehead atoms. The van der Waals surface area contributed by atoms with Crippen LogP contribution >= 0.6 is 24.0 Å². The van der Waals surface area contributed by atoms with Crippen molar-refractivity contribution in [2.24, 2.45) is 16.3 Å². The van der Waals surface area contributed by atoms with Crippen LogP contribution in [0.4, 0.5) is 0 Å². The van der Waals surface area contributed by atoms with Crippen LogP contribution in [0.15, 0.2) is 4.99 Å². The van der Waals surface area contributed by atoms with Gasteiger partial charge in [0.25, 0.3) is 0 Å². The van der Waals surface area contributed by atoms with E-state index >= 15 is 0 Å². The number of piperidine rings is 1. The fraction of sp³-hybridized carbons (Fsp3) is 0.824. The highest BCUT2D eigenvalue weighted by Gasteiger charge is 2.23. The fourth-order valence-electron chi connectivity index (χ4n) is 2.66. The maximum Gasteiger partial charge on any atom is 0.225 e. The van der Waals surface area contributed by atoms with Gasteiger partial charge >= 0.3 is 0 Å². The number of halogens is 1. The third-order valence-corrected chi connectivity index (χ3v) is 4.25. The molecule has 0 saturated carbocycles. The molecule has 0 atom stereocenters. The van der Waals surface area contributed by atoms with Crippen molar-refractivity contribution in [2.75, 3.05) is 40.3 Å². The summed E-state index contributed by atoms with van der Waals surface area (Å²) in [6.07, 6.45) is 2.60. The van der Waals surface area contributed by atoms with Gasteiger partial charge in [0.05, 0.1) is 0 Å². The molecule has 1 rings (SSSR count). The van der Waals surface area contributed by atoms with Crippen LogP contribution < -0.4 is 16.0 Å². The van der Waals surface area contributed by atoms with Crippen LogP contribution in [0.1, 0.15) is 40.0 Å². The van der Waals surface area contributed by atoms with Crippen molar-refractivity contribution in [3.8, 4) is 0 Å². The lowest BCUT2D eigenvalue weighted by molar-refractivity contribution is -0.128. The molecule has 0 unspecified atom stereocenters. The van der Waals surface area contributed by atoms with E-state index in [2.05, 4.69) is 25.8 Å². The van der Waals surface area contributed by atoms with Gasteiger partial charge in [0, 0.05) is 52.1 Å². The van der Waals surface area contributed by atoms with Gasteiger partial charge in [-0.1, -0.05) is 20.8 Å². The van der Waals surface area contributed by atoms with E-state index in [0.29, 0.717) is 25.4 Å². The summed E-state index contributed by atoms with van der Waals surface area (Å²) >= 11 is 0. The number of rotatable bonds is 5. The quantitative estimate of drug-likeness (QED) is 0.246. The van der Waals surface area contributed by atoms with Gasteiger partial charge in [0.15, 0.2) is 5.96 Å². The van der Waals surface area contributed by atoms with E-state index in [-0.39, 0.29) is 41.2 Å². The largest absolute Gasteiger partial charge is 0.359 e. The topological polar surface area (TPSA) is 85.8 Å². The summed E-state index contributed by atoms with van der Waals surface area (Å²) in [6, 6.07) is 0. The average Bonchev–Trinajstić information content (AvgIpc) is 2.54. The van der Waals surface area contributed by atoms with Crippen LogP contribution in [0.5, 0.6) is 0 Å². The highest BCUT2D eigenvalue weighted by Crippen LogP contribution is 2.20. The summed E-state index contributed by atoms with van der Waals surface area (Å²) < 4.78 is 0. The van der Waals surface area contributed by atoms with E-state index in [1.54, 1.807) is 14.1 Å². The Kier molecular flexibility index (Phi) is 11.0. The zero-order chi connectivity index (χ0) is 18.2. The maximum atomic E-state index is 11.8. The number of carbonyl (C=O) groups excluding carboxylic acids is 2. The van der Waals surface area contributed by atoms with Crippen LogP contribution in [-0.4, -0.2) is 62.9 Å². The zero-order valence-electron chi connectivity index (χ0n) is 16.1. The molecule has 8 heteroatoms. The summed E-state index contributed by atoms with van der Waals surface area (Å²) in [5.41, 5.74) is -0.367. The van der Waals surface area contributed by atoms with Crippen LogP contribution in [0.3, 0.4) is 0 Å². The SMILES string of the molecule is CN=C(NCCNC(=O)C(C)(C)C)N1CCC(CC(=O)NC)CC1.I. The van der Waals surface area contributed by atoms with Gasteiger partial charge in [-0.15, -0.1) is 24.0 Å². The van der Waals surface area contributed by atoms with Gasteiger partial charge in [0.2, 0.25) is 11.8 Å². The summed E-state index contributed by atoms with van der Waals surface area (Å²) in [6.45, 7) is 8.72. The number of nitrogens with one attached hydrogen (secondary N) is 3. The minimum atomic E-state index is -0.367. The molecule has 3 N–H and O–H groups in total. The number of hydrogen-bond donors (Lipinski definition) is 3. The molecule has 1 aliphatic heterocycles. The number of hydrogen-bond acceptors (Lipinski definition) is 3. The van der Waals surface area contributed by atoms with Crippen molar-refractivity contribution in [1.82, 2.24) is 20.9 Å². The second-order valence-corrected chi connectivity index (χ2v) is 7.29. The normalized spacial score (nSPS) is 16.0. The van der Waals surface area contributed by atoms with E-state index in [1.165, 1.54) is 0 Å². The summed E-state index contributed by atoms with van der Waals surface area (Å²) in [5, 5.41) is 8.90. The molecule has 0 aliphatic carbocycles. The molecular formula is C17H34IN5O2. The Labute approximate surface area is 168 Å².